The maximum absolute atomic E-state index is 13.4. The molecule has 2 aromatic carbocycles. The molecule has 180 valence electrons. The molecule has 0 aromatic heterocycles. The molecular weight excluding hydrogens is 447 g/mol. The number of alkyl halides is 3. The predicted octanol–water partition coefficient (Wildman–Crippen LogP) is 3.62. The number of rotatable bonds is 5. The topological polar surface area (TPSA) is 69.7 Å². The lowest BCUT2D eigenvalue weighted by Gasteiger charge is -2.31. The van der Waals surface area contributed by atoms with Crippen molar-refractivity contribution in [1.82, 2.24) is 15.1 Å². The first-order valence-corrected chi connectivity index (χ1v) is 11.4. The highest BCUT2D eigenvalue weighted by Crippen LogP contribution is 2.34. The average molecular weight is 473 g/mol. The Morgan fingerprint density at radius 3 is 2.18 bits per heavy atom. The normalized spacial score (nSPS) is 20.4. The minimum absolute atomic E-state index is 0.195. The molecule has 0 saturated carbocycles. The third-order valence-electron chi connectivity index (χ3n) is 6.41. The van der Waals surface area contributed by atoms with Gasteiger partial charge in [0.2, 0.25) is 11.8 Å². The van der Waals surface area contributed by atoms with E-state index in [1.54, 1.807) is 0 Å². The van der Waals surface area contributed by atoms with Crippen molar-refractivity contribution < 1.29 is 27.6 Å². The summed E-state index contributed by atoms with van der Waals surface area (Å²) >= 11 is 0. The Bertz CT molecular complexity index is 1060. The summed E-state index contributed by atoms with van der Waals surface area (Å²) in [4.78, 5) is 42.0. The largest absolute Gasteiger partial charge is 0.417 e. The molecule has 6 nitrogen and oxygen atoms in total. The van der Waals surface area contributed by atoms with Gasteiger partial charge < -0.3 is 15.1 Å². The first kappa shape index (κ1) is 23.8. The van der Waals surface area contributed by atoms with Crippen LogP contribution in [0.3, 0.4) is 0 Å². The van der Waals surface area contributed by atoms with Crippen LogP contribution in [0, 0.1) is 0 Å². The molecule has 2 aliphatic heterocycles. The highest BCUT2D eigenvalue weighted by Gasteiger charge is 2.44. The van der Waals surface area contributed by atoms with Gasteiger partial charge in [-0.2, -0.15) is 13.2 Å². The molecule has 0 unspecified atom stereocenters. The summed E-state index contributed by atoms with van der Waals surface area (Å²) in [6.45, 7) is 0.903. The average Bonchev–Trinajstić information content (AvgIpc) is 3.52. The van der Waals surface area contributed by atoms with Crippen molar-refractivity contribution >= 4 is 17.7 Å². The Hall–Kier alpha value is -3.36. The highest BCUT2D eigenvalue weighted by molar-refractivity contribution is 6.00. The van der Waals surface area contributed by atoms with Crippen molar-refractivity contribution in [3.05, 3.63) is 71.3 Å². The van der Waals surface area contributed by atoms with Gasteiger partial charge >= 0.3 is 6.18 Å². The zero-order valence-electron chi connectivity index (χ0n) is 18.6. The second kappa shape index (κ2) is 9.87. The van der Waals surface area contributed by atoms with Crippen molar-refractivity contribution in [2.75, 3.05) is 13.1 Å². The fraction of sp³-hybridized carbons (Fsp3) is 0.400. The van der Waals surface area contributed by atoms with Gasteiger partial charge in [0.1, 0.15) is 12.1 Å². The minimum atomic E-state index is -4.68. The van der Waals surface area contributed by atoms with Gasteiger partial charge in [0.15, 0.2) is 0 Å². The zero-order valence-corrected chi connectivity index (χ0v) is 18.6. The fourth-order valence-corrected chi connectivity index (χ4v) is 4.74. The third-order valence-corrected chi connectivity index (χ3v) is 6.41. The number of hydrogen-bond donors (Lipinski definition) is 1. The van der Waals surface area contributed by atoms with Crippen LogP contribution in [0.25, 0.3) is 0 Å². The molecule has 2 heterocycles. The van der Waals surface area contributed by atoms with Crippen LogP contribution < -0.4 is 5.32 Å². The van der Waals surface area contributed by atoms with Crippen LogP contribution in [0.4, 0.5) is 13.2 Å². The molecule has 34 heavy (non-hydrogen) atoms. The lowest BCUT2D eigenvalue weighted by molar-refractivity contribution is -0.141. The first-order valence-electron chi connectivity index (χ1n) is 11.4. The van der Waals surface area contributed by atoms with Crippen LogP contribution in [0.15, 0.2) is 54.6 Å². The van der Waals surface area contributed by atoms with E-state index in [9.17, 15) is 27.6 Å². The molecule has 2 fully saturated rings. The number of benzene rings is 2. The van der Waals surface area contributed by atoms with E-state index in [-0.39, 0.29) is 18.4 Å². The molecule has 0 bridgehead atoms. The third kappa shape index (κ3) is 4.93. The number of nitrogens with zero attached hydrogens (tertiary/aromatic N) is 2. The first-order chi connectivity index (χ1) is 16.3. The Labute approximate surface area is 195 Å². The van der Waals surface area contributed by atoms with E-state index >= 15 is 0 Å². The molecule has 2 aromatic rings. The molecule has 2 aliphatic rings. The van der Waals surface area contributed by atoms with Gasteiger partial charge in [0.05, 0.1) is 11.1 Å². The lowest BCUT2D eigenvalue weighted by atomic mass is 10.0. The lowest BCUT2D eigenvalue weighted by Crippen LogP contribution is -2.52. The number of halogens is 3. The van der Waals surface area contributed by atoms with E-state index in [2.05, 4.69) is 5.32 Å². The second-order valence-corrected chi connectivity index (χ2v) is 8.59. The molecule has 0 spiro atoms. The van der Waals surface area contributed by atoms with Gasteiger partial charge in [-0.15, -0.1) is 0 Å². The van der Waals surface area contributed by atoms with Gasteiger partial charge in [-0.1, -0.05) is 42.5 Å². The SMILES string of the molecule is O=C(NCc1ccccc1)[C@@H]1CCCN1C(=O)[C@H]1CCCN1C(=O)c1ccccc1C(F)(F)F. The van der Waals surface area contributed by atoms with E-state index in [0.29, 0.717) is 38.8 Å². The Balaban J connectivity index is 1.47. The van der Waals surface area contributed by atoms with Crippen LogP contribution in [-0.4, -0.2) is 52.7 Å². The van der Waals surface area contributed by atoms with Crippen molar-refractivity contribution in [3.63, 3.8) is 0 Å². The summed E-state index contributed by atoms with van der Waals surface area (Å²) in [7, 11) is 0. The summed E-state index contributed by atoms with van der Waals surface area (Å²) in [6.07, 6.45) is -2.66. The smallest absolute Gasteiger partial charge is 0.350 e. The molecular formula is C25H26F3N3O3. The standard InChI is InChI=1S/C25H26F3N3O3/c26-25(27,28)19-11-5-4-10-18(19)23(33)31-15-7-13-21(31)24(34)30-14-6-12-20(30)22(32)29-16-17-8-2-1-3-9-17/h1-5,8-11,20-21H,6-7,12-16H2,(H,29,32)/t20-,21+/m0/s1. The van der Waals surface area contributed by atoms with Crippen LogP contribution in [-0.2, 0) is 22.3 Å². The summed E-state index contributed by atoms with van der Waals surface area (Å²) in [5.41, 5.74) is -0.548. The van der Waals surface area contributed by atoms with Crippen LogP contribution in [0.5, 0.6) is 0 Å². The number of likely N-dealkylation sites (tertiary alicyclic amines) is 2. The molecule has 9 heteroatoms. The summed E-state index contributed by atoms with van der Waals surface area (Å²) in [5.74, 6) is -1.46. The predicted molar refractivity (Wildman–Crippen MR) is 119 cm³/mol. The molecule has 0 radical (unpaired) electrons. The van der Waals surface area contributed by atoms with Gasteiger partial charge in [-0.25, -0.2) is 0 Å². The maximum Gasteiger partial charge on any atom is 0.417 e. The highest BCUT2D eigenvalue weighted by atomic mass is 19.4. The van der Waals surface area contributed by atoms with E-state index in [1.807, 2.05) is 30.3 Å². The number of hydrogen-bond acceptors (Lipinski definition) is 3. The van der Waals surface area contributed by atoms with Crippen molar-refractivity contribution in [1.29, 1.82) is 0 Å². The monoisotopic (exact) mass is 473 g/mol. The molecule has 4 rings (SSSR count). The minimum Gasteiger partial charge on any atom is -0.350 e. The van der Waals surface area contributed by atoms with Gasteiger partial charge in [-0.05, 0) is 43.4 Å². The molecule has 0 aliphatic carbocycles. The van der Waals surface area contributed by atoms with Gasteiger partial charge in [-0.3, -0.25) is 14.4 Å². The van der Waals surface area contributed by atoms with Crippen molar-refractivity contribution in [3.8, 4) is 0 Å². The Morgan fingerprint density at radius 2 is 1.47 bits per heavy atom. The number of nitrogens with one attached hydrogen (secondary N) is 1. The molecule has 2 atom stereocenters. The summed E-state index contributed by atoms with van der Waals surface area (Å²) in [6, 6.07) is 12.5. The van der Waals surface area contributed by atoms with Crippen molar-refractivity contribution in [2.24, 2.45) is 0 Å². The van der Waals surface area contributed by atoms with E-state index < -0.39 is 35.3 Å². The number of carbonyl (C=O) groups excluding carboxylic acids is 3. The van der Waals surface area contributed by atoms with E-state index in [4.69, 9.17) is 0 Å². The van der Waals surface area contributed by atoms with Crippen LogP contribution in [0.2, 0.25) is 0 Å². The van der Waals surface area contributed by atoms with Crippen LogP contribution in [0.1, 0.15) is 47.2 Å². The number of amides is 3. The zero-order chi connectivity index (χ0) is 24.3. The Morgan fingerprint density at radius 1 is 0.853 bits per heavy atom. The quantitative estimate of drug-likeness (QED) is 0.721. The number of carbonyl (C=O) groups is 3. The molecule has 1 N–H and O–H groups in total. The van der Waals surface area contributed by atoms with Gasteiger partial charge in [0.25, 0.3) is 5.91 Å². The maximum atomic E-state index is 13.4. The molecule has 3 amide bonds. The van der Waals surface area contributed by atoms with Crippen molar-refractivity contribution in [2.45, 2.75) is 50.5 Å². The second-order valence-electron chi connectivity index (χ2n) is 8.59. The van der Waals surface area contributed by atoms with E-state index in [0.717, 1.165) is 17.7 Å². The molecule has 2 saturated heterocycles. The Kier molecular flexibility index (Phi) is 6.90. The summed E-state index contributed by atoms with van der Waals surface area (Å²) < 4.78 is 40.3. The van der Waals surface area contributed by atoms with Gasteiger partial charge in [0, 0.05) is 19.6 Å². The van der Waals surface area contributed by atoms with E-state index in [1.165, 1.54) is 21.9 Å². The fourth-order valence-electron chi connectivity index (χ4n) is 4.74. The van der Waals surface area contributed by atoms with Crippen LogP contribution >= 0.6 is 0 Å². The summed E-state index contributed by atoms with van der Waals surface area (Å²) in [5, 5.41) is 2.86.